The van der Waals surface area contributed by atoms with Crippen molar-refractivity contribution in [2.75, 3.05) is 0 Å². The van der Waals surface area contributed by atoms with E-state index in [1.807, 2.05) is 6.07 Å². The molecule has 1 aliphatic carbocycles. The smallest absolute Gasteiger partial charge is 0.263 e. The molecule has 0 atom stereocenters. The second-order valence-corrected chi connectivity index (χ2v) is 4.05. The first-order chi connectivity index (χ1) is 7.25. The molecule has 2 rings (SSSR count). The Kier molecular flexibility index (Phi) is 3.31. The SMILES string of the molecule is FC(F)c1cccc(CNC2CCC2)c1. The van der Waals surface area contributed by atoms with Crippen molar-refractivity contribution in [3.05, 3.63) is 35.4 Å². The molecule has 0 radical (unpaired) electrons. The highest BCUT2D eigenvalue weighted by molar-refractivity contribution is 5.24. The van der Waals surface area contributed by atoms with Crippen molar-refractivity contribution >= 4 is 0 Å². The van der Waals surface area contributed by atoms with Crippen LogP contribution in [0.25, 0.3) is 0 Å². The Hall–Kier alpha value is -0.960. The summed E-state index contributed by atoms with van der Waals surface area (Å²) in [5, 5.41) is 3.36. The summed E-state index contributed by atoms with van der Waals surface area (Å²) in [5.74, 6) is 0. The van der Waals surface area contributed by atoms with E-state index in [9.17, 15) is 8.78 Å². The normalized spacial score (nSPS) is 16.7. The van der Waals surface area contributed by atoms with Gasteiger partial charge in [-0.05, 0) is 24.5 Å². The van der Waals surface area contributed by atoms with Crippen LogP contribution in [0.15, 0.2) is 24.3 Å². The standard InChI is InChI=1S/C12H15F2N/c13-12(14)10-4-1-3-9(7-10)8-15-11-5-2-6-11/h1,3-4,7,11-12,15H,2,5-6,8H2. The summed E-state index contributed by atoms with van der Waals surface area (Å²) in [4.78, 5) is 0. The van der Waals surface area contributed by atoms with Gasteiger partial charge in [0.1, 0.15) is 0 Å². The van der Waals surface area contributed by atoms with Crippen molar-refractivity contribution in [2.24, 2.45) is 0 Å². The zero-order valence-corrected chi connectivity index (χ0v) is 8.55. The van der Waals surface area contributed by atoms with Crippen molar-refractivity contribution in [1.29, 1.82) is 0 Å². The van der Waals surface area contributed by atoms with E-state index in [2.05, 4.69) is 5.32 Å². The van der Waals surface area contributed by atoms with Crippen molar-refractivity contribution in [2.45, 2.75) is 38.3 Å². The molecule has 0 saturated heterocycles. The van der Waals surface area contributed by atoms with Crippen LogP contribution in [0.2, 0.25) is 0 Å². The summed E-state index contributed by atoms with van der Waals surface area (Å²) < 4.78 is 24.8. The molecule has 0 unspecified atom stereocenters. The number of alkyl halides is 2. The molecule has 0 heterocycles. The van der Waals surface area contributed by atoms with Gasteiger partial charge in [-0.2, -0.15) is 0 Å². The summed E-state index contributed by atoms with van der Waals surface area (Å²) in [6.45, 7) is 0.700. The molecule has 0 bridgehead atoms. The van der Waals surface area contributed by atoms with Gasteiger partial charge in [0.2, 0.25) is 0 Å². The van der Waals surface area contributed by atoms with Gasteiger partial charge in [-0.3, -0.25) is 0 Å². The molecule has 0 aromatic heterocycles. The Morgan fingerprint density at radius 2 is 2.13 bits per heavy atom. The fraction of sp³-hybridized carbons (Fsp3) is 0.500. The third-order valence-electron chi connectivity index (χ3n) is 2.90. The van der Waals surface area contributed by atoms with Crippen molar-refractivity contribution in [3.63, 3.8) is 0 Å². The van der Waals surface area contributed by atoms with Gasteiger partial charge in [-0.15, -0.1) is 0 Å². The van der Waals surface area contributed by atoms with E-state index in [4.69, 9.17) is 0 Å². The predicted octanol–water partition coefficient (Wildman–Crippen LogP) is 3.27. The minimum Gasteiger partial charge on any atom is -0.310 e. The summed E-state index contributed by atoms with van der Waals surface area (Å²) in [7, 11) is 0. The lowest BCUT2D eigenvalue weighted by Crippen LogP contribution is -2.34. The second-order valence-electron chi connectivity index (χ2n) is 4.05. The van der Waals surface area contributed by atoms with Crippen LogP contribution in [-0.4, -0.2) is 6.04 Å². The summed E-state index contributed by atoms with van der Waals surface area (Å²) in [6.07, 6.45) is 1.35. The lowest BCUT2D eigenvalue weighted by Gasteiger charge is -2.26. The van der Waals surface area contributed by atoms with E-state index in [1.165, 1.54) is 25.3 Å². The number of nitrogens with one attached hydrogen (secondary N) is 1. The van der Waals surface area contributed by atoms with Gasteiger partial charge in [0.05, 0.1) is 0 Å². The highest BCUT2D eigenvalue weighted by atomic mass is 19.3. The molecule has 15 heavy (non-hydrogen) atoms. The molecular formula is C12H15F2N. The predicted molar refractivity (Wildman–Crippen MR) is 55.9 cm³/mol. The van der Waals surface area contributed by atoms with E-state index < -0.39 is 6.43 Å². The lowest BCUT2D eigenvalue weighted by molar-refractivity contribution is 0.151. The number of rotatable bonds is 4. The van der Waals surface area contributed by atoms with Gasteiger partial charge < -0.3 is 5.32 Å². The molecule has 82 valence electrons. The van der Waals surface area contributed by atoms with Crippen LogP contribution < -0.4 is 5.32 Å². The Balaban J connectivity index is 1.92. The summed E-state index contributed by atoms with van der Waals surface area (Å²) in [6, 6.07) is 7.23. The fourth-order valence-corrected chi connectivity index (χ4v) is 1.71. The van der Waals surface area contributed by atoms with E-state index in [1.54, 1.807) is 12.1 Å². The molecule has 3 heteroatoms. The summed E-state index contributed by atoms with van der Waals surface area (Å²) >= 11 is 0. The Morgan fingerprint density at radius 3 is 2.73 bits per heavy atom. The second kappa shape index (κ2) is 4.71. The van der Waals surface area contributed by atoms with Crippen LogP contribution in [0.1, 0.15) is 36.8 Å². The van der Waals surface area contributed by atoms with Crippen LogP contribution in [0.3, 0.4) is 0 Å². The number of benzene rings is 1. The van der Waals surface area contributed by atoms with Crippen molar-refractivity contribution in [1.82, 2.24) is 5.32 Å². The summed E-state index contributed by atoms with van der Waals surface area (Å²) in [5.41, 5.74) is 1.06. The van der Waals surface area contributed by atoms with Gasteiger partial charge >= 0.3 is 0 Å². The molecular weight excluding hydrogens is 196 g/mol. The first kappa shape index (κ1) is 10.6. The maximum Gasteiger partial charge on any atom is 0.263 e. The van der Waals surface area contributed by atoms with Gasteiger partial charge in [-0.25, -0.2) is 8.78 Å². The van der Waals surface area contributed by atoms with Crippen molar-refractivity contribution < 1.29 is 8.78 Å². The minimum absolute atomic E-state index is 0.114. The van der Waals surface area contributed by atoms with Gasteiger partial charge in [0.15, 0.2) is 0 Å². The topological polar surface area (TPSA) is 12.0 Å². The molecule has 0 amide bonds. The molecule has 1 fully saturated rings. The zero-order chi connectivity index (χ0) is 10.7. The first-order valence-electron chi connectivity index (χ1n) is 5.36. The zero-order valence-electron chi connectivity index (χ0n) is 8.55. The highest BCUT2D eigenvalue weighted by Gasteiger charge is 2.16. The fourth-order valence-electron chi connectivity index (χ4n) is 1.71. The highest BCUT2D eigenvalue weighted by Crippen LogP contribution is 2.21. The average molecular weight is 211 g/mol. The van der Waals surface area contributed by atoms with Gasteiger partial charge in [0, 0.05) is 18.2 Å². The minimum atomic E-state index is -2.37. The van der Waals surface area contributed by atoms with E-state index in [0.29, 0.717) is 12.6 Å². The van der Waals surface area contributed by atoms with Crippen LogP contribution >= 0.6 is 0 Å². The average Bonchev–Trinajstić information content (AvgIpc) is 2.16. The lowest BCUT2D eigenvalue weighted by atomic mass is 9.93. The molecule has 1 nitrogen and oxygen atoms in total. The van der Waals surface area contributed by atoms with Gasteiger partial charge in [0.25, 0.3) is 6.43 Å². The number of halogens is 2. The van der Waals surface area contributed by atoms with Crippen molar-refractivity contribution in [3.8, 4) is 0 Å². The Labute approximate surface area is 88.5 Å². The molecule has 0 spiro atoms. The van der Waals surface area contributed by atoms with E-state index >= 15 is 0 Å². The Morgan fingerprint density at radius 1 is 1.33 bits per heavy atom. The largest absolute Gasteiger partial charge is 0.310 e. The quantitative estimate of drug-likeness (QED) is 0.806. The maximum absolute atomic E-state index is 12.4. The van der Waals surface area contributed by atoms with E-state index in [-0.39, 0.29) is 5.56 Å². The molecule has 0 aliphatic heterocycles. The molecule has 1 aliphatic rings. The molecule has 1 aromatic carbocycles. The molecule has 1 N–H and O–H groups in total. The number of hydrogen-bond acceptors (Lipinski definition) is 1. The van der Waals surface area contributed by atoms with Crippen LogP contribution in [0.4, 0.5) is 8.78 Å². The van der Waals surface area contributed by atoms with Crippen LogP contribution in [-0.2, 0) is 6.54 Å². The molecule has 1 saturated carbocycles. The maximum atomic E-state index is 12.4. The van der Waals surface area contributed by atoms with Crippen LogP contribution in [0.5, 0.6) is 0 Å². The monoisotopic (exact) mass is 211 g/mol. The number of hydrogen-bond donors (Lipinski definition) is 1. The van der Waals surface area contributed by atoms with Crippen LogP contribution in [0, 0.1) is 0 Å². The molecule has 1 aromatic rings. The van der Waals surface area contributed by atoms with E-state index in [0.717, 1.165) is 5.56 Å². The van der Waals surface area contributed by atoms with Gasteiger partial charge in [-0.1, -0.05) is 24.6 Å². The first-order valence-corrected chi connectivity index (χ1v) is 5.36. The Bertz CT molecular complexity index is 321. The third kappa shape index (κ3) is 2.75. The third-order valence-corrected chi connectivity index (χ3v) is 2.90.